The van der Waals surface area contributed by atoms with Gasteiger partial charge in [-0.3, -0.25) is 15.0 Å². The molecule has 0 bridgehead atoms. The van der Waals surface area contributed by atoms with Crippen LogP contribution in [0.2, 0.25) is 0 Å². The number of carbonyl (C=O) groups is 3. The molecule has 1 saturated heterocycles. The number of rotatable bonds is 5. The van der Waals surface area contributed by atoms with E-state index in [-0.39, 0.29) is 6.42 Å². The molecule has 1 aromatic rings. The van der Waals surface area contributed by atoms with Crippen molar-refractivity contribution >= 4 is 17.8 Å². The minimum atomic E-state index is -0.946. The lowest BCUT2D eigenvalue weighted by molar-refractivity contribution is -0.139. The Hall–Kier alpha value is -2.88. The van der Waals surface area contributed by atoms with Crippen LogP contribution >= 0.6 is 0 Å². The van der Waals surface area contributed by atoms with Gasteiger partial charge in [-0.15, -0.1) is 0 Å². The zero-order valence-corrected chi connectivity index (χ0v) is 13.0. The predicted octanol–water partition coefficient (Wildman–Crippen LogP) is 1.24. The second-order valence-corrected chi connectivity index (χ2v) is 5.38. The fourth-order valence-corrected chi connectivity index (χ4v) is 2.50. The van der Waals surface area contributed by atoms with Gasteiger partial charge in [-0.1, -0.05) is 26.0 Å². The van der Waals surface area contributed by atoms with Crippen molar-refractivity contribution in [2.75, 3.05) is 0 Å². The summed E-state index contributed by atoms with van der Waals surface area (Å²) in [5, 5.41) is 12.1. The van der Waals surface area contributed by atoms with Crippen LogP contribution < -0.4 is 10.7 Å². The molecule has 0 aliphatic carbocycles. The van der Waals surface area contributed by atoms with Crippen molar-refractivity contribution in [3.05, 3.63) is 35.4 Å². The van der Waals surface area contributed by atoms with E-state index in [1.165, 1.54) is 0 Å². The maximum atomic E-state index is 12.4. The normalized spacial score (nSPS) is 16.0. The molecule has 1 aliphatic heterocycles. The van der Waals surface area contributed by atoms with Gasteiger partial charge in [-0.05, 0) is 30.5 Å². The van der Waals surface area contributed by atoms with Gasteiger partial charge >= 0.3 is 6.03 Å². The first-order valence-corrected chi connectivity index (χ1v) is 7.41. The fraction of sp³-hybridized carbons (Fsp3) is 0.375. The molecule has 23 heavy (non-hydrogen) atoms. The number of benzene rings is 1. The summed E-state index contributed by atoms with van der Waals surface area (Å²) in [5.74, 6) is -0.915. The summed E-state index contributed by atoms with van der Waals surface area (Å²) in [6.07, 6.45) is 0.917. The van der Waals surface area contributed by atoms with E-state index in [1.807, 2.05) is 19.9 Å². The van der Waals surface area contributed by atoms with Gasteiger partial charge in [0.25, 0.3) is 5.91 Å². The molecule has 7 nitrogen and oxygen atoms in total. The van der Waals surface area contributed by atoms with Gasteiger partial charge in [0.2, 0.25) is 5.91 Å². The molecule has 0 aromatic heterocycles. The van der Waals surface area contributed by atoms with Crippen LogP contribution in [0.1, 0.15) is 37.8 Å². The molecule has 0 unspecified atom stereocenters. The van der Waals surface area contributed by atoms with Crippen LogP contribution in [-0.2, 0) is 16.0 Å². The summed E-state index contributed by atoms with van der Waals surface area (Å²) >= 11 is 0. The standard InChI is InChI=1S/C16H18N4O3/c1-3-16(4-2)14(22)20(15(23)18-16)19-13(21)9-11-5-7-12(10-17)8-6-11/h5-8H,3-4,9H2,1-2H3,(H,18,23)(H,19,21). The first kappa shape index (κ1) is 16.5. The second kappa shape index (κ2) is 6.48. The highest BCUT2D eigenvalue weighted by Crippen LogP contribution is 2.23. The molecule has 2 N–H and O–H groups in total. The third-order valence-corrected chi connectivity index (χ3v) is 4.05. The first-order chi connectivity index (χ1) is 11.0. The molecule has 0 radical (unpaired) electrons. The number of nitrogens with zero attached hydrogens (tertiary/aromatic N) is 2. The fourth-order valence-electron chi connectivity index (χ4n) is 2.50. The minimum Gasteiger partial charge on any atom is -0.322 e. The van der Waals surface area contributed by atoms with Gasteiger partial charge in [0.05, 0.1) is 18.1 Å². The summed E-state index contributed by atoms with van der Waals surface area (Å²) in [6.45, 7) is 3.62. The van der Waals surface area contributed by atoms with E-state index in [0.717, 1.165) is 5.01 Å². The molecular formula is C16H18N4O3. The van der Waals surface area contributed by atoms with Crippen LogP contribution in [0.5, 0.6) is 0 Å². The smallest absolute Gasteiger partial charge is 0.322 e. The summed E-state index contributed by atoms with van der Waals surface area (Å²) in [4.78, 5) is 36.3. The lowest BCUT2D eigenvalue weighted by Crippen LogP contribution is -2.49. The quantitative estimate of drug-likeness (QED) is 0.798. The number of nitrogens with one attached hydrogen (secondary N) is 2. The van der Waals surface area contributed by atoms with Crippen LogP contribution in [0.3, 0.4) is 0 Å². The highest BCUT2D eigenvalue weighted by Gasteiger charge is 2.49. The molecule has 7 heteroatoms. The number of imide groups is 1. The number of hydrogen-bond donors (Lipinski definition) is 2. The number of carbonyl (C=O) groups excluding carboxylic acids is 3. The molecule has 1 aliphatic rings. The van der Waals surface area contributed by atoms with Crippen molar-refractivity contribution < 1.29 is 14.4 Å². The van der Waals surface area contributed by atoms with Crippen molar-refractivity contribution in [1.29, 1.82) is 5.26 Å². The Kier molecular flexibility index (Phi) is 4.65. The monoisotopic (exact) mass is 314 g/mol. The van der Waals surface area contributed by atoms with Crippen LogP contribution in [0, 0.1) is 11.3 Å². The van der Waals surface area contributed by atoms with Gasteiger partial charge in [-0.2, -0.15) is 10.3 Å². The summed E-state index contributed by atoms with van der Waals surface area (Å²) in [6, 6.07) is 7.91. The van der Waals surface area contributed by atoms with Gasteiger partial charge in [0.1, 0.15) is 5.54 Å². The Bertz CT molecular complexity index is 672. The van der Waals surface area contributed by atoms with Crippen LogP contribution in [0.15, 0.2) is 24.3 Å². The molecule has 1 fully saturated rings. The Morgan fingerprint density at radius 3 is 2.35 bits per heavy atom. The third-order valence-electron chi connectivity index (χ3n) is 4.05. The highest BCUT2D eigenvalue weighted by atomic mass is 16.2. The lowest BCUT2D eigenvalue weighted by atomic mass is 9.93. The van der Waals surface area contributed by atoms with E-state index in [1.54, 1.807) is 24.3 Å². The number of nitriles is 1. The SMILES string of the molecule is CCC1(CC)NC(=O)N(NC(=O)Cc2ccc(C#N)cc2)C1=O. The molecule has 120 valence electrons. The Morgan fingerprint density at radius 1 is 1.26 bits per heavy atom. The maximum Gasteiger partial charge on any atom is 0.344 e. The molecule has 0 saturated carbocycles. The predicted molar refractivity (Wildman–Crippen MR) is 81.7 cm³/mol. The van der Waals surface area contributed by atoms with E-state index in [2.05, 4.69) is 10.7 Å². The van der Waals surface area contributed by atoms with Crippen LogP contribution in [-0.4, -0.2) is 28.4 Å². The Balaban J connectivity index is 2.04. The van der Waals surface area contributed by atoms with E-state index in [9.17, 15) is 14.4 Å². The Labute approximate surface area is 134 Å². The minimum absolute atomic E-state index is 0.00795. The number of urea groups is 1. The van der Waals surface area contributed by atoms with Gasteiger partial charge < -0.3 is 5.32 Å². The summed E-state index contributed by atoms with van der Waals surface area (Å²) in [7, 11) is 0. The molecule has 1 aromatic carbocycles. The van der Waals surface area contributed by atoms with E-state index in [4.69, 9.17) is 5.26 Å². The van der Waals surface area contributed by atoms with Gasteiger partial charge in [0.15, 0.2) is 0 Å². The zero-order valence-electron chi connectivity index (χ0n) is 13.0. The molecule has 1 heterocycles. The number of amides is 4. The highest BCUT2D eigenvalue weighted by molar-refractivity contribution is 6.07. The zero-order chi connectivity index (χ0) is 17.0. The van der Waals surface area contributed by atoms with Crippen molar-refractivity contribution in [3.63, 3.8) is 0 Å². The van der Waals surface area contributed by atoms with Crippen molar-refractivity contribution in [2.24, 2.45) is 0 Å². The van der Waals surface area contributed by atoms with Crippen molar-refractivity contribution in [2.45, 2.75) is 38.6 Å². The van der Waals surface area contributed by atoms with Crippen LogP contribution in [0.25, 0.3) is 0 Å². The molecule has 0 atom stereocenters. The molecule has 4 amide bonds. The number of hydrogen-bond acceptors (Lipinski definition) is 4. The largest absolute Gasteiger partial charge is 0.344 e. The number of hydrazine groups is 1. The van der Waals surface area contributed by atoms with Gasteiger partial charge in [0, 0.05) is 0 Å². The maximum absolute atomic E-state index is 12.4. The lowest BCUT2D eigenvalue weighted by Gasteiger charge is -2.22. The van der Waals surface area contributed by atoms with Crippen molar-refractivity contribution in [3.8, 4) is 6.07 Å². The van der Waals surface area contributed by atoms with E-state index >= 15 is 0 Å². The second-order valence-electron chi connectivity index (χ2n) is 5.38. The summed E-state index contributed by atoms with van der Waals surface area (Å²) < 4.78 is 0. The Morgan fingerprint density at radius 2 is 1.87 bits per heavy atom. The van der Waals surface area contributed by atoms with Gasteiger partial charge in [-0.25, -0.2) is 4.79 Å². The molecular weight excluding hydrogens is 296 g/mol. The average Bonchev–Trinajstić information content (AvgIpc) is 2.80. The topological polar surface area (TPSA) is 102 Å². The summed E-state index contributed by atoms with van der Waals surface area (Å²) in [5.41, 5.74) is 2.59. The molecule has 2 rings (SSSR count). The third kappa shape index (κ3) is 3.16. The van der Waals surface area contributed by atoms with Crippen LogP contribution in [0.4, 0.5) is 4.79 Å². The molecule has 0 spiro atoms. The first-order valence-electron chi connectivity index (χ1n) is 7.41. The average molecular weight is 314 g/mol. The van der Waals surface area contributed by atoms with Crippen molar-refractivity contribution in [1.82, 2.24) is 15.8 Å². The van der Waals surface area contributed by atoms with E-state index < -0.39 is 23.4 Å². The van der Waals surface area contributed by atoms with E-state index in [0.29, 0.717) is 24.0 Å².